The monoisotopic (exact) mass is 355 g/mol. The lowest BCUT2D eigenvalue weighted by atomic mass is 9.98. The number of halogens is 2. The Balaban J connectivity index is 3.55. The Kier molecular flexibility index (Phi) is 4.50. The zero-order valence-electron chi connectivity index (χ0n) is 10.3. The van der Waals surface area contributed by atoms with Crippen molar-refractivity contribution in [2.24, 2.45) is 5.14 Å². The van der Waals surface area contributed by atoms with Crippen molar-refractivity contribution in [3.8, 4) is 0 Å². The summed E-state index contributed by atoms with van der Waals surface area (Å²) in [6, 6.07) is 1.70. The van der Waals surface area contributed by atoms with Crippen LogP contribution in [0.3, 0.4) is 0 Å². The molecule has 1 aromatic rings. The molecular weight excluding hydrogens is 342 g/mol. The molecule has 0 spiro atoms. The number of primary sulfonamides is 1. The quantitative estimate of drug-likeness (QED) is 0.872. The molecule has 102 valence electrons. The SMILES string of the molecule is Cc1c(Br)cc(CC(C)(C)O)c(Cl)c1S(N)(=O)=O. The maximum absolute atomic E-state index is 11.6. The maximum Gasteiger partial charge on any atom is 0.239 e. The fraction of sp³-hybridized carbons (Fsp3) is 0.455. The summed E-state index contributed by atoms with van der Waals surface area (Å²) >= 11 is 9.36. The van der Waals surface area contributed by atoms with Crippen molar-refractivity contribution < 1.29 is 13.5 Å². The lowest BCUT2D eigenvalue weighted by molar-refractivity contribution is 0.0809. The van der Waals surface area contributed by atoms with Gasteiger partial charge in [-0.25, -0.2) is 13.6 Å². The molecule has 1 rings (SSSR count). The van der Waals surface area contributed by atoms with Gasteiger partial charge in [0.1, 0.15) is 4.90 Å². The molecule has 0 radical (unpaired) electrons. The minimum absolute atomic E-state index is 0.0697. The molecule has 0 bridgehead atoms. The summed E-state index contributed by atoms with van der Waals surface area (Å²) < 4.78 is 23.7. The zero-order chi connectivity index (χ0) is 14.3. The van der Waals surface area contributed by atoms with Gasteiger partial charge in [-0.1, -0.05) is 27.5 Å². The number of sulfonamides is 1. The largest absolute Gasteiger partial charge is 0.390 e. The minimum atomic E-state index is -3.91. The van der Waals surface area contributed by atoms with Crippen LogP contribution in [0.4, 0.5) is 0 Å². The predicted octanol–water partition coefficient (Wildman–Crippen LogP) is 2.37. The average Bonchev–Trinajstić information content (AvgIpc) is 2.09. The Labute approximate surface area is 120 Å². The number of benzene rings is 1. The first-order chi connectivity index (χ1) is 7.93. The molecule has 0 saturated carbocycles. The lowest BCUT2D eigenvalue weighted by Gasteiger charge is -2.20. The Morgan fingerprint density at radius 3 is 2.39 bits per heavy atom. The van der Waals surface area contributed by atoms with Crippen molar-refractivity contribution in [2.45, 2.75) is 37.7 Å². The predicted molar refractivity (Wildman–Crippen MR) is 75.3 cm³/mol. The molecule has 0 aliphatic rings. The van der Waals surface area contributed by atoms with Gasteiger partial charge in [-0.2, -0.15) is 0 Å². The molecule has 0 atom stereocenters. The molecule has 0 unspecified atom stereocenters. The van der Waals surface area contributed by atoms with Gasteiger partial charge in [0.15, 0.2) is 0 Å². The van der Waals surface area contributed by atoms with E-state index in [1.807, 2.05) is 0 Å². The van der Waals surface area contributed by atoms with Crippen molar-refractivity contribution in [1.29, 1.82) is 0 Å². The number of aliphatic hydroxyl groups is 1. The van der Waals surface area contributed by atoms with Crippen molar-refractivity contribution in [1.82, 2.24) is 0 Å². The fourth-order valence-electron chi connectivity index (χ4n) is 1.68. The molecule has 0 saturated heterocycles. The summed E-state index contributed by atoms with van der Waals surface area (Å²) in [5.41, 5.74) is 0.00111. The molecule has 18 heavy (non-hydrogen) atoms. The highest BCUT2D eigenvalue weighted by molar-refractivity contribution is 9.10. The van der Waals surface area contributed by atoms with Crippen LogP contribution in [-0.2, 0) is 16.4 Å². The van der Waals surface area contributed by atoms with Crippen molar-refractivity contribution >= 4 is 37.6 Å². The van der Waals surface area contributed by atoms with E-state index >= 15 is 0 Å². The van der Waals surface area contributed by atoms with E-state index in [4.69, 9.17) is 16.7 Å². The Morgan fingerprint density at radius 2 is 2.00 bits per heavy atom. The van der Waals surface area contributed by atoms with Crippen LogP contribution in [0.25, 0.3) is 0 Å². The van der Waals surface area contributed by atoms with Gasteiger partial charge in [-0.05, 0) is 38.0 Å². The Bertz CT molecular complexity index is 579. The van der Waals surface area contributed by atoms with Crippen LogP contribution >= 0.6 is 27.5 Å². The van der Waals surface area contributed by atoms with Crippen molar-refractivity contribution in [3.63, 3.8) is 0 Å². The summed E-state index contributed by atoms with van der Waals surface area (Å²) in [7, 11) is -3.91. The molecule has 0 aliphatic heterocycles. The van der Waals surface area contributed by atoms with Gasteiger partial charge in [0.2, 0.25) is 10.0 Å². The van der Waals surface area contributed by atoms with E-state index in [0.29, 0.717) is 15.6 Å². The van der Waals surface area contributed by atoms with Crippen LogP contribution in [0.2, 0.25) is 5.02 Å². The molecule has 0 fully saturated rings. The van der Waals surface area contributed by atoms with Gasteiger partial charge in [0, 0.05) is 10.9 Å². The zero-order valence-corrected chi connectivity index (χ0v) is 13.4. The highest BCUT2D eigenvalue weighted by Crippen LogP contribution is 2.34. The van der Waals surface area contributed by atoms with E-state index in [1.54, 1.807) is 26.8 Å². The minimum Gasteiger partial charge on any atom is -0.390 e. The first-order valence-electron chi connectivity index (χ1n) is 5.16. The highest BCUT2D eigenvalue weighted by atomic mass is 79.9. The van der Waals surface area contributed by atoms with Crippen LogP contribution in [0.5, 0.6) is 0 Å². The summed E-state index contributed by atoms with van der Waals surface area (Å²) in [4.78, 5) is -0.0993. The fourth-order valence-corrected chi connectivity index (χ4v) is 3.79. The first-order valence-corrected chi connectivity index (χ1v) is 7.88. The van der Waals surface area contributed by atoms with Crippen LogP contribution in [0.1, 0.15) is 25.0 Å². The first kappa shape index (κ1) is 15.9. The second-order valence-electron chi connectivity index (χ2n) is 4.82. The van der Waals surface area contributed by atoms with Crippen molar-refractivity contribution in [3.05, 3.63) is 26.7 Å². The number of hydrogen-bond acceptors (Lipinski definition) is 3. The second kappa shape index (κ2) is 5.09. The molecule has 0 aromatic heterocycles. The van der Waals surface area contributed by atoms with Gasteiger partial charge in [-0.15, -0.1) is 0 Å². The normalized spacial score (nSPS) is 12.8. The third-order valence-electron chi connectivity index (χ3n) is 2.39. The van der Waals surface area contributed by atoms with Gasteiger partial charge >= 0.3 is 0 Å². The smallest absolute Gasteiger partial charge is 0.239 e. The van der Waals surface area contributed by atoms with E-state index in [-0.39, 0.29) is 16.3 Å². The van der Waals surface area contributed by atoms with E-state index < -0.39 is 15.6 Å². The summed E-state index contributed by atoms with van der Waals surface area (Å²) in [5, 5.41) is 15.0. The van der Waals surface area contributed by atoms with Gasteiger partial charge in [-0.3, -0.25) is 0 Å². The molecule has 7 heteroatoms. The molecule has 1 aromatic carbocycles. The van der Waals surface area contributed by atoms with Gasteiger partial charge < -0.3 is 5.11 Å². The van der Waals surface area contributed by atoms with Crippen LogP contribution in [0.15, 0.2) is 15.4 Å². The summed E-state index contributed by atoms with van der Waals surface area (Å²) in [5.74, 6) is 0. The molecule has 0 amide bonds. The number of hydrogen-bond donors (Lipinski definition) is 2. The van der Waals surface area contributed by atoms with Crippen molar-refractivity contribution in [2.75, 3.05) is 0 Å². The third kappa shape index (κ3) is 3.68. The van der Waals surface area contributed by atoms with Crippen LogP contribution in [0, 0.1) is 6.92 Å². The topological polar surface area (TPSA) is 80.4 Å². The average molecular weight is 357 g/mol. The standard InChI is InChI=1S/C11H15BrClNO3S/c1-6-8(12)4-7(5-11(2,3)15)9(13)10(6)18(14,16)17/h4,15H,5H2,1-3H3,(H2,14,16,17). The molecular formula is C11H15BrClNO3S. The lowest BCUT2D eigenvalue weighted by Crippen LogP contribution is -2.23. The van der Waals surface area contributed by atoms with E-state index in [9.17, 15) is 13.5 Å². The second-order valence-corrected chi connectivity index (χ2v) is 7.55. The number of rotatable bonds is 3. The summed E-state index contributed by atoms with van der Waals surface area (Å²) in [6.45, 7) is 4.85. The van der Waals surface area contributed by atoms with E-state index in [0.717, 1.165) is 0 Å². The van der Waals surface area contributed by atoms with Crippen LogP contribution in [-0.4, -0.2) is 19.1 Å². The maximum atomic E-state index is 11.6. The van der Waals surface area contributed by atoms with E-state index in [2.05, 4.69) is 15.9 Å². The molecule has 4 nitrogen and oxygen atoms in total. The molecule has 0 aliphatic carbocycles. The molecule has 0 heterocycles. The van der Waals surface area contributed by atoms with Gasteiger partial charge in [0.25, 0.3) is 0 Å². The summed E-state index contributed by atoms with van der Waals surface area (Å²) in [6.07, 6.45) is 0.229. The highest BCUT2D eigenvalue weighted by Gasteiger charge is 2.24. The Hall–Kier alpha value is -0.140. The molecule has 3 N–H and O–H groups in total. The van der Waals surface area contributed by atoms with Gasteiger partial charge in [0.05, 0.1) is 10.6 Å². The van der Waals surface area contributed by atoms with Crippen LogP contribution < -0.4 is 5.14 Å². The number of nitrogens with two attached hydrogens (primary N) is 1. The van der Waals surface area contributed by atoms with E-state index in [1.165, 1.54) is 0 Å². The third-order valence-corrected chi connectivity index (χ3v) is 4.84. The Morgan fingerprint density at radius 1 is 1.50 bits per heavy atom.